The van der Waals surface area contributed by atoms with E-state index in [9.17, 15) is 9.59 Å². The monoisotopic (exact) mass is 483 g/mol. The van der Waals surface area contributed by atoms with Gasteiger partial charge >= 0.3 is 0 Å². The molecule has 1 N–H and O–H groups in total. The Hall–Kier alpha value is -2.80. The molecule has 0 saturated carbocycles. The topological polar surface area (TPSA) is 61.8 Å². The lowest BCUT2D eigenvalue weighted by molar-refractivity contribution is -0.127. The molecule has 3 aromatic rings. The summed E-state index contributed by atoms with van der Waals surface area (Å²) in [6.45, 7) is 4.06. The van der Waals surface area contributed by atoms with Crippen LogP contribution in [0.15, 0.2) is 78.3 Å². The van der Waals surface area contributed by atoms with Crippen LogP contribution in [0.5, 0.6) is 0 Å². The fourth-order valence-electron chi connectivity index (χ4n) is 3.39. The molecular weight excluding hydrogens is 465 g/mol. The van der Waals surface area contributed by atoms with Crippen molar-refractivity contribution in [1.29, 1.82) is 0 Å². The molecule has 1 aliphatic heterocycles. The number of aliphatic imine (C=N–C) groups is 1. The van der Waals surface area contributed by atoms with Crippen LogP contribution in [0.1, 0.15) is 6.42 Å². The van der Waals surface area contributed by atoms with E-state index in [1.807, 2.05) is 42.5 Å². The van der Waals surface area contributed by atoms with E-state index in [0.29, 0.717) is 27.4 Å². The van der Waals surface area contributed by atoms with Crippen LogP contribution < -0.4 is 5.32 Å². The number of rotatable bonds is 6. The van der Waals surface area contributed by atoms with Crippen LogP contribution in [0, 0.1) is 0 Å². The molecule has 1 saturated heterocycles. The molecule has 0 bridgehead atoms. The van der Waals surface area contributed by atoms with Gasteiger partial charge in [0.05, 0.1) is 16.4 Å². The van der Waals surface area contributed by atoms with Crippen molar-refractivity contribution < 1.29 is 9.59 Å². The third kappa shape index (κ3) is 4.83. The van der Waals surface area contributed by atoms with Crippen molar-refractivity contribution in [2.75, 3.05) is 11.9 Å². The molecule has 1 fully saturated rings. The summed E-state index contributed by atoms with van der Waals surface area (Å²) in [5.41, 5.74) is 1.22. The first kappa shape index (κ1) is 22.4. The quantitative estimate of drug-likeness (QED) is 0.418. The Bertz CT molecular complexity index is 1240. The molecule has 0 spiro atoms. The number of carbonyl (C=O) groups is 2. The molecule has 5 nitrogen and oxygen atoms in total. The SMILES string of the molecule is C=CCN1C(=O)[C@@H](CC(=O)Nc2ccc(Cl)cc2Cl)SC1=Nc1cccc2ccccc12. The Morgan fingerprint density at radius 3 is 2.72 bits per heavy atom. The van der Waals surface area contributed by atoms with Crippen molar-refractivity contribution in [2.24, 2.45) is 4.99 Å². The number of hydrogen-bond acceptors (Lipinski definition) is 4. The van der Waals surface area contributed by atoms with Crippen molar-refractivity contribution >= 4 is 74.1 Å². The van der Waals surface area contributed by atoms with Crippen LogP contribution in [-0.2, 0) is 9.59 Å². The molecule has 162 valence electrons. The van der Waals surface area contributed by atoms with E-state index in [-0.39, 0.29) is 18.2 Å². The minimum absolute atomic E-state index is 0.00927. The van der Waals surface area contributed by atoms with Gasteiger partial charge in [0, 0.05) is 23.4 Å². The predicted octanol–water partition coefficient (Wildman–Crippen LogP) is 6.29. The minimum Gasteiger partial charge on any atom is -0.325 e. The average molecular weight is 484 g/mol. The first-order chi connectivity index (χ1) is 15.5. The number of anilines is 1. The zero-order chi connectivity index (χ0) is 22.7. The van der Waals surface area contributed by atoms with Crippen molar-refractivity contribution in [3.63, 3.8) is 0 Å². The molecule has 0 radical (unpaired) electrons. The van der Waals surface area contributed by atoms with Gasteiger partial charge in [-0.2, -0.15) is 0 Å². The minimum atomic E-state index is -0.588. The van der Waals surface area contributed by atoms with Gasteiger partial charge < -0.3 is 5.32 Å². The number of hydrogen-bond donors (Lipinski definition) is 1. The highest BCUT2D eigenvalue weighted by molar-refractivity contribution is 8.15. The van der Waals surface area contributed by atoms with E-state index in [4.69, 9.17) is 28.2 Å². The molecule has 8 heteroatoms. The fourth-order valence-corrected chi connectivity index (χ4v) is 5.01. The van der Waals surface area contributed by atoms with Gasteiger partial charge in [-0.15, -0.1) is 6.58 Å². The van der Waals surface area contributed by atoms with Crippen LogP contribution in [0.2, 0.25) is 10.0 Å². The van der Waals surface area contributed by atoms with Crippen LogP contribution in [-0.4, -0.2) is 33.7 Å². The van der Waals surface area contributed by atoms with E-state index in [2.05, 4.69) is 11.9 Å². The zero-order valence-electron chi connectivity index (χ0n) is 16.9. The van der Waals surface area contributed by atoms with Crippen molar-refractivity contribution in [3.8, 4) is 0 Å². The third-order valence-corrected chi connectivity index (χ3v) is 6.61. The average Bonchev–Trinajstić information content (AvgIpc) is 3.05. The molecule has 1 heterocycles. The summed E-state index contributed by atoms with van der Waals surface area (Å²) >= 11 is 13.3. The molecule has 0 aromatic heterocycles. The Kier molecular flexibility index (Phi) is 6.84. The number of halogens is 2. The Morgan fingerprint density at radius 1 is 1.16 bits per heavy atom. The van der Waals surface area contributed by atoms with Gasteiger partial charge in [-0.05, 0) is 29.7 Å². The maximum absolute atomic E-state index is 13.0. The molecule has 3 aromatic carbocycles. The van der Waals surface area contributed by atoms with Gasteiger partial charge in [-0.25, -0.2) is 4.99 Å². The Morgan fingerprint density at radius 2 is 1.94 bits per heavy atom. The molecular formula is C24H19Cl2N3O2S. The largest absolute Gasteiger partial charge is 0.325 e. The summed E-state index contributed by atoms with van der Waals surface area (Å²) < 4.78 is 0. The number of thioether (sulfide) groups is 1. The second kappa shape index (κ2) is 9.77. The van der Waals surface area contributed by atoms with E-state index in [1.165, 1.54) is 11.8 Å². The summed E-state index contributed by atoms with van der Waals surface area (Å²) in [6.07, 6.45) is 1.64. The first-order valence-electron chi connectivity index (χ1n) is 9.86. The summed E-state index contributed by atoms with van der Waals surface area (Å²) in [4.78, 5) is 32.0. The van der Waals surface area contributed by atoms with Gasteiger partial charge in [0.1, 0.15) is 5.25 Å². The molecule has 2 amide bonds. The highest BCUT2D eigenvalue weighted by Crippen LogP contribution is 2.34. The molecule has 0 unspecified atom stereocenters. The lowest BCUT2D eigenvalue weighted by Crippen LogP contribution is -2.33. The standard InChI is InChI=1S/C24H19Cl2N3O2S/c1-2-12-29-23(31)21(14-22(30)27-20-11-10-16(25)13-18(20)26)32-24(29)28-19-9-5-7-15-6-3-4-8-17(15)19/h2-11,13,21H,1,12,14H2,(H,27,30)/t21-/m1/s1. The summed E-state index contributed by atoms with van der Waals surface area (Å²) in [5, 5.41) is 5.58. The maximum Gasteiger partial charge on any atom is 0.242 e. The first-order valence-corrected chi connectivity index (χ1v) is 11.5. The smallest absolute Gasteiger partial charge is 0.242 e. The van der Waals surface area contributed by atoms with Gasteiger partial charge in [0.15, 0.2) is 5.17 Å². The predicted molar refractivity (Wildman–Crippen MR) is 134 cm³/mol. The van der Waals surface area contributed by atoms with Gasteiger partial charge in [0.2, 0.25) is 11.8 Å². The number of nitrogens with zero attached hydrogens (tertiary/aromatic N) is 2. The number of amidine groups is 1. The van der Waals surface area contributed by atoms with Crippen molar-refractivity contribution in [3.05, 3.63) is 83.4 Å². The Labute approximate surface area is 200 Å². The lowest BCUT2D eigenvalue weighted by atomic mass is 10.1. The van der Waals surface area contributed by atoms with Crippen molar-refractivity contribution in [1.82, 2.24) is 4.90 Å². The van der Waals surface area contributed by atoms with Gasteiger partial charge in [-0.1, -0.05) is 77.4 Å². The fraction of sp³-hybridized carbons (Fsp3) is 0.125. The normalized spacial score (nSPS) is 17.2. The van der Waals surface area contributed by atoms with E-state index < -0.39 is 5.25 Å². The van der Waals surface area contributed by atoms with Crippen molar-refractivity contribution in [2.45, 2.75) is 11.7 Å². The summed E-state index contributed by atoms with van der Waals surface area (Å²) in [6, 6.07) is 18.6. The third-order valence-electron chi connectivity index (χ3n) is 4.89. The maximum atomic E-state index is 13.0. The molecule has 1 aliphatic rings. The number of fused-ring (bicyclic) bond motifs is 1. The molecule has 4 rings (SSSR count). The van der Waals surface area contributed by atoms with Crippen LogP contribution in [0.25, 0.3) is 10.8 Å². The van der Waals surface area contributed by atoms with Crippen LogP contribution in [0.3, 0.4) is 0 Å². The highest BCUT2D eigenvalue weighted by Gasteiger charge is 2.38. The second-order valence-electron chi connectivity index (χ2n) is 7.11. The molecule has 0 aliphatic carbocycles. The summed E-state index contributed by atoms with van der Waals surface area (Å²) in [5.74, 6) is -0.490. The molecule has 1 atom stereocenters. The van der Waals surface area contributed by atoms with E-state index in [1.54, 1.807) is 29.2 Å². The van der Waals surface area contributed by atoms with E-state index >= 15 is 0 Å². The number of nitrogens with one attached hydrogen (secondary N) is 1. The Balaban J connectivity index is 1.56. The number of benzene rings is 3. The summed E-state index contributed by atoms with van der Waals surface area (Å²) in [7, 11) is 0. The van der Waals surface area contributed by atoms with Gasteiger partial charge in [-0.3, -0.25) is 14.5 Å². The van der Waals surface area contributed by atoms with Crippen LogP contribution in [0.4, 0.5) is 11.4 Å². The van der Waals surface area contributed by atoms with Gasteiger partial charge in [0.25, 0.3) is 0 Å². The number of carbonyl (C=O) groups excluding carboxylic acids is 2. The second-order valence-corrected chi connectivity index (χ2v) is 9.13. The number of amides is 2. The lowest BCUT2D eigenvalue weighted by Gasteiger charge is -2.14. The highest BCUT2D eigenvalue weighted by atomic mass is 35.5. The van der Waals surface area contributed by atoms with E-state index in [0.717, 1.165) is 16.5 Å². The molecule has 32 heavy (non-hydrogen) atoms. The van der Waals surface area contributed by atoms with Crippen LogP contribution >= 0.6 is 35.0 Å². The zero-order valence-corrected chi connectivity index (χ0v) is 19.3.